The predicted octanol–water partition coefficient (Wildman–Crippen LogP) is 1.10. The Kier molecular flexibility index (Phi) is 1.79. The van der Waals surface area contributed by atoms with Crippen molar-refractivity contribution in [2.24, 2.45) is 0 Å². The third-order valence-electron chi connectivity index (χ3n) is 2.64. The van der Waals surface area contributed by atoms with Crippen LogP contribution in [-0.2, 0) is 0 Å². The SMILES string of the molecule is O=C(O)c1cccc2[nH]c3c(=O)[nH]cnc3c12. The molecule has 6 heteroatoms. The van der Waals surface area contributed by atoms with Crippen molar-refractivity contribution >= 4 is 27.9 Å². The molecule has 0 unspecified atom stereocenters. The summed E-state index contributed by atoms with van der Waals surface area (Å²) in [5, 5.41) is 9.56. The number of fused-ring (bicyclic) bond motifs is 3. The highest BCUT2D eigenvalue weighted by molar-refractivity contribution is 6.14. The normalized spacial score (nSPS) is 11.1. The largest absolute Gasteiger partial charge is 0.478 e. The molecule has 0 saturated heterocycles. The van der Waals surface area contributed by atoms with Gasteiger partial charge in [0.25, 0.3) is 5.56 Å². The summed E-state index contributed by atoms with van der Waals surface area (Å²) in [6.07, 6.45) is 1.26. The Morgan fingerprint density at radius 3 is 2.94 bits per heavy atom. The number of carboxylic acids is 1. The molecule has 0 saturated carbocycles. The van der Waals surface area contributed by atoms with Crippen LogP contribution in [0.2, 0.25) is 0 Å². The molecule has 0 atom stereocenters. The van der Waals surface area contributed by atoms with Gasteiger partial charge in [0.1, 0.15) is 11.0 Å². The van der Waals surface area contributed by atoms with Crippen LogP contribution in [0, 0.1) is 0 Å². The fourth-order valence-corrected chi connectivity index (χ4v) is 1.93. The molecule has 3 N–H and O–H groups in total. The first kappa shape index (κ1) is 9.59. The second-order valence-corrected chi connectivity index (χ2v) is 3.61. The minimum Gasteiger partial charge on any atom is -0.478 e. The van der Waals surface area contributed by atoms with Crippen LogP contribution in [0.4, 0.5) is 0 Å². The summed E-state index contributed by atoms with van der Waals surface area (Å²) in [5.41, 5.74) is 1.07. The molecule has 3 aromatic rings. The number of aromatic amines is 2. The van der Waals surface area contributed by atoms with Crippen molar-refractivity contribution in [1.29, 1.82) is 0 Å². The fourth-order valence-electron chi connectivity index (χ4n) is 1.93. The molecular weight excluding hydrogens is 222 g/mol. The number of nitrogens with one attached hydrogen (secondary N) is 2. The average molecular weight is 229 g/mol. The van der Waals surface area contributed by atoms with E-state index < -0.39 is 5.97 Å². The molecule has 0 amide bonds. The zero-order valence-corrected chi connectivity index (χ0v) is 8.52. The van der Waals surface area contributed by atoms with Crippen molar-refractivity contribution in [3.8, 4) is 0 Å². The van der Waals surface area contributed by atoms with Crippen LogP contribution in [0.5, 0.6) is 0 Å². The van der Waals surface area contributed by atoms with Crippen molar-refractivity contribution in [2.45, 2.75) is 0 Å². The molecule has 0 fully saturated rings. The van der Waals surface area contributed by atoms with E-state index in [9.17, 15) is 9.59 Å². The van der Waals surface area contributed by atoms with Crippen LogP contribution >= 0.6 is 0 Å². The lowest BCUT2D eigenvalue weighted by atomic mass is 10.1. The van der Waals surface area contributed by atoms with E-state index in [0.29, 0.717) is 16.4 Å². The van der Waals surface area contributed by atoms with Gasteiger partial charge in [-0.05, 0) is 12.1 Å². The lowest BCUT2D eigenvalue weighted by Gasteiger charge is -1.96. The molecule has 0 aliphatic heterocycles. The Morgan fingerprint density at radius 2 is 2.18 bits per heavy atom. The Balaban J connectivity index is 2.63. The number of carboxylic acid groups (broad SMARTS) is 1. The van der Waals surface area contributed by atoms with Crippen molar-refractivity contribution in [1.82, 2.24) is 15.0 Å². The first-order valence-electron chi connectivity index (χ1n) is 4.90. The Morgan fingerprint density at radius 1 is 1.35 bits per heavy atom. The number of aromatic carboxylic acids is 1. The molecule has 2 heterocycles. The smallest absolute Gasteiger partial charge is 0.336 e. The van der Waals surface area contributed by atoms with Crippen molar-refractivity contribution in [3.63, 3.8) is 0 Å². The second kappa shape index (κ2) is 3.18. The first-order chi connectivity index (χ1) is 8.18. The van der Waals surface area contributed by atoms with Gasteiger partial charge in [-0.15, -0.1) is 0 Å². The Bertz CT molecular complexity index is 800. The first-order valence-corrected chi connectivity index (χ1v) is 4.90. The average Bonchev–Trinajstić information content (AvgIpc) is 2.69. The van der Waals surface area contributed by atoms with Crippen LogP contribution in [0.3, 0.4) is 0 Å². The maximum absolute atomic E-state index is 11.6. The van der Waals surface area contributed by atoms with Gasteiger partial charge >= 0.3 is 5.97 Å². The maximum Gasteiger partial charge on any atom is 0.336 e. The minimum absolute atomic E-state index is 0.131. The van der Waals surface area contributed by atoms with E-state index in [1.165, 1.54) is 12.4 Å². The summed E-state index contributed by atoms with van der Waals surface area (Å²) >= 11 is 0. The highest BCUT2D eigenvalue weighted by atomic mass is 16.4. The summed E-state index contributed by atoms with van der Waals surface area (Å²) in [6, 6.07) is 4.82. The van der Waals surface area contributed by atoms with Gasteiger partial charge in [-0.3, -0.25) is 4.79 Å². The van der Waals surface area contributed by atoms with Gasteiger partial charge < -0.3 is 15.1 Å². The third-order valence-corrected chi connectivity index (χ3v) is 2.64. The van der Waals surface area contributed by atoms with Crippen LogP contribution in [0.15, 0.2) is 29.3 Å². The standard InChI is InChI=1S/C11H7N3O3/c15-10-9-8(12-4-13-10)7-5(11(16)17)2-1-3-6(7)14-9/h1-4,14H,(H,16,17)(H,12,13,15). The van der Waals surface area contributed by atoms with E-state index in [-0.39, 0.29) is 16.6 Å². The molecule has 84 valence electrons. The fraction of sp³-hybridized carbons (Fsp3) is 0. The van der Waals surface area contributed by atoms with E-state index >= 15 is 0 Å². The molecule has 0 aliphatic carbocycles. The van der Waals surface area contributed by atoms with Gasteiger partial charge in [0, 0.05) is 10.9 Å². The zero-order valence-electron chi connectivity index (χ0n) is 8.52. The van der Waals surface area contributed by atoms with E-state index in [0.717, 1.165) is 0 Å². The van der Waals surface area contributed by atoms with E-state index in [1.54, 1.807) is 12.1 Å². The van der Waals surface area contributed by atoms with Crippen LogP contribution < -0.4 is 5.56 Å². The number of aromatic nitrogens is 3. The second-order valence-electron chi connectivity index (χ2n) is 3.61. The molecule has 17 heavy (non-hydrogen) atoms. The van der Waals surface area contributed by atoms with Gasteiger partial charge in [-0.2, -0.15) is 0 Å². The molecule has 1 aromatic carbocycles. The monoisotopic (exact) mass is 229 g/mol. The number of benzene rings is 1. The highest BCUT2D eigenvalue weighted by Crippen LogP contribution is 2.24. The quantitative estimate of drug-likeness (QED) is 0.581. The topological polar surface area (TPSA) is 98.8 Å². The molecule has 0 bridgehead atoms. The summed E-state index contributed by atoms with van der Waals surface area (Å²) in [6.45, 7) is 0. The van der Waals surface area contributed by atoms with Gasteiger partial charge in [0.2, 0.25) is 0 Å². The van der Waals surface area contributed by atoms with Gasteiger partial charge in [-0.25, -0.2) is 9.78 Å². The third kappa shape index (κ3) is 1.24. The molecule has 0 spiro atoms. The highest BCUT2D eigenvalue weighted by Gasteiger charge is 2.15. The minimum atomic E-state index is -1.04. The number of H-pyrrole nitrogens is 2. The number of hydrogen-bond acceptors (Lipinski definition) is 3. The number of nitrogens with zero attached hydrogens (tertiary/aromatic N) is 1. The molecular formula is C11H7N3O3. The summed E-state index contributed by atoms with van der Waals surface area (Å²) in [4.78, 5) is 32.0. The van der Waals surface area contributed by atoms with E-state index in [2.05, 4.69) is 15.0 Å². The molecule has 2 aromatic heterocycles. The molecule has 6 nitrogen and oxygen atoms in total. The van der Waals surface area contributed by atoms with Crippen LogP contribution in [0.1, 0.15) is 10.4 Å². The van der Waals surface area contributed by atoms with Crippen LogP contribution in [0.25, 0.3) is 21.9 Å². The lowest BCUT2D eigenvalue weighted by molar-refractivity contribution is 0.0699. The van der Waals surface area contributed by atoms with Crippen molar-refractivity contribution in [3.05, 3.63) is 40.4 Å². The maximum atomic E-state index is 11.6. The zero-order chi connectivity index (χ0) is 12.0. The summed E-state index contributed by atoms with van der Waals surface area (Å²) in [5.74, 6) is -1.04. The molecule has 0 aliphatic rings. The van der Waals surface area contributed by atoms with E-state index in [4.69, 9.17) is 5.11 Å². The lowest BCUT2D eigenvalue weighted by Crippen LogP contribution is -2.05. The number of rotatable bonds is 1. The van der Waals surface area contributed by atoms with Gasteiger partial charge in [-0.1, -0.05) is 6.07 Å². The number of carbonyl (C=O) groups is 1. The van der Waals surface area contributed by atoms with Gasteiger partial charge in [0.15, 0.2) is 0 Å². The van der Waals surface area contributed by atoms with E-state index in [1.807, 2.05) is 0 Å². The number of hydrogen-bond donors (Lipinski definition) is 3. The van der Waals surface area contributed by atoms with Crippen LogP contribution in [-0.4, -0.2) is 26.0 Å². The molecule has 3 rings (SSSR count). The van der Waals surface area contributed by atoms with Gasteiger partial charge in [0.05, 0.1) is 11.9 Å². The summed E-state index contributed by atoms with van der Waals surface area (Å²) in [7, 11) is 0. The molecule has 0 radical (unpaired) electrons. The van der Waals surface area contributed by atoms with Crippen molar-refractivity contribution < 1.29 is 9.90 Å². The summed E-state index contributed by atoms with van der Waals surface area (Å²) < 4.78 is 0. The Hall–Kier alpha value is -2.63. The predicted molar refractivity (Wildman–Crippen MR) is 61.2 cm³/mol. The van der Waals surface area contributed by atoms with Crippen molar-refractivity contribution in [2.75, 3.05) is 0 Å². The Labute approximate surface area is 93.9 Å².